The van der Waals surface area contributed by atoms with Crippen molar-refractivity contribution in [1.29, 1.82) is 0 Å². The molecule has 2 heterocycles. The molecule has 0 aromatic carbocycles. The van der Waals surface area contributed by atoms with E-state index >= 15 is 0 Å². The van der Waals surface area contributed by atoms with Crippen molar-refractivity contribution in [3.05, 3.63) is 11.8 Å². The summed E-state index contributed by atoms with van der Waals surface area (Å²) in [5.74, 6) is 1.02. The Morgan fingerprint density at radius 2 is 2.00 bits per heavy atom. The summed E-state index contributed by atoms with van der Waals surface area (Å²) in [5.41, 5.74) is 0.644. The quantitative estimate of drug-likeness (QED) is 0.908. The molecule has 1 amide bonds. The standard InChI is InChI=1S/C16H25N3O2S/c1-10-7-13(22-18-10)19-8-11-5-6-12(9-19)14(11)17-15(20)21-16(2,3)4/h7,11-12,14H,5-6,8-9H2,1-4H3,(H,17,20)/t11-,12+,14?. The Kier molecular flexibility index (Phi) is 4.05. The predicted octanol–water partition coefficient (Wildman–Crippen LogP) is 3.19. The third kappa shape index (κ3) is 3.37. The number of carbonyl (C=O) groups excluding carboxylic acids is 1. The minimum Gasteiger partial charge on any atom is -0.444 e. The van der Waals surface area contributed by atoms with Gasteiger partial charge in [-0.05, 0) is 70.0 Å². The van der Waals surface area contributed by atoms with Crippen LogP contribution < -0.4 is 10.2 Å². The molecule has 3 rings (SSSR count). The molecule has 1 aromatic heterocycles. The summed E-state index contributed by atoms with van der Waals surface area (Å²) in [6.45, 7) is 9.73. The van der Waals surface area contributed by atoms with Gasteiger partial charge in [-0.15, -0.1) is 0 Å². The molecule has 1 saturated heterocycles. The van der Waals surface area contributed by atoms with Gasteiger partial charge in [0.05, 0.1) is 5.69 Å². The molecule has 1 aliphatic heterocycles. The summed E-state index contributed by atoms with van der Waals surface area (Å²) >= 11 is 1.57. The van der Waals surface area contributed by atoms with Crippen molar-refractivity contribution >= 4 is 22.6 Å². The Hall–Kier alpha value is -1.30. The first kappa shape index (κ1) is 15.6. The van der Waals surface area contributed by atoms with Gasteiger partial charge < -0.3 is 15.0 Å². The number of hydrogen-bond donors (Lipinski definition) is 1. The first-order valence-electron chi connectivity index (χ1n) is 7.99. The van der Waals surface area contributed by atoms with Crippen LogP contribution in [-0.4, -0.2) is 35.2 Å². The molecule has 1 aromatic rings. The molecule has 0 radical (unpaired) electrons. The Morgan fingerprint density at radius 1 is 1.36 bits per heavy atom. The zero-order valence-corrected chi connectivity index (χ0v) is 14.6. The molecular weight excluding hydrogens is 298 g/mol. The molecule has 1 unspecified atom stereocenters. The molecule has 1 N–H and O–H groups in total. The zero-order chi connectivity index (χ0) is 15.9. The number of carbonyl (C=O) groups is 1. The van der Waals surface area contributed by atoms with E-state index in [2.05, 4.69) is 20.7 Å². The molecule has 1 saturated carbocycles. The molecule has 22 heavy (non-hydrogen) atoms. The van der Waals surface area contributed by atoms with Gasteiger partial charge in [0.15, 0.2) is 0 Å². The smallest absolute Gasteiger partial charge is 0.407 e. The maximum Gasteiger partial charge on any atom is 0.407 e. The summed E-state index contributed by atoms with van der Waals surface area (Å²) in [5, 5.41) is 4.37. The monoisotopic (exact) mass is 323 g/mol. The summed E-state index contributed by atoms with van der Waals surface area (Å²) < 4.78 is 9.79. The lowest BCUT2D eigenvalue weighted by molar-refractivity contribution is 0.0473. The Labute approximate surface area is 136 Å². The third-order valence-electron chi connectivity index (χ3n) is 4.44. The van der Waals surface area contributed by atoms with E-state index in [1.165, 1.54) is 17.8 Å². The number of hydrogen-bond acceptors (Lipinski definition) is 5. The summed E-state index contributed by atoms with van der Waals surface area (Å²) in [4.78, 5) is 14.5. The van der Waals surface area contributed by atoms with E-state index in [1.54, 1.807) is 11.5 Å². The van der Waals surface area contributed by atoms with Crippen molar-refractivity contribution in [3.8, 4) is 0 Å². The van der Waals surface area contributed by atoms with Crippen molar-refractivity contribution < 1.29 is 9.53 Å². The van der Waals surface area contributed by atoms with Crippen LogP contribution in [0.3, 0.4) is 0 Å². The van der Waals surface area contributed by atoms with Crippen LogP contribution in [-0.2, 0) is 4.74 Å². The average Bonchev–Trinajstić information content (AvgIpc) is 2.89. The predicted molar refractivity (Wildman–Crippen MR) is 88.4 cm³/mol. The summed E-state index contributed by atoms with van der Waals surface area (Å²) in [7, 11) is 0. The number of nitrogens with one attached hydrogen (secondary N) is 1. The second-order valence-electron chi connectivity index (χ2n) is 7.48. The van der Waals surface area contributed by atoms with Crippen molar-refractivity contribution in [2.45, 2.75) is 52.2 Å². The fourth-order valence-corrected chi connectivity index (χ4v) is 4.36. The molecule has 6 heteroatoms. The van der Waals surface area contributed by atoms with E-state index in [0.717, 1.165) is 18.8 Å². The topological polar surface area (TPSA) is 54.5 Å². The Bertz CT molecular complexity index is 538. The summed E-state index contributed by atoms with van der Waals surface area (Å²) in [6, 6.07) is 2.41. The fourth-order valence-electron chi connectivity index (χ4n) is 3.58. The number of alkyl carbamates (subject to hydrolysis) is 1. The Morgan fingerprint density at radius 3 is 2.50 bits per heavy atom. The van der Waals surface area contributed by atoms with Gasteiger partial charge in [0.2, 0.25) is 0 Å². The van der Waals surface area contributed by atoms with Crippen LogP contribution in [0.15, 0.2) is 6.07 Å². The second kappa shape index (κ2) is 5.72. The number of aromatic nitrogens is 1. The first-order chi connectivity index (χ1) is 10.3. The van der Waals surface area contributed by atoms with Crippen molar-refractivity contribution in [1.82, 2.24) is 9.69 Å². The first-order valence-corrected chi connectivity index (χ1v) is 8.77. The van der Waals surface area contributed by atoms with E-state index < -0.39 is 5.60 Å². The van der Waals surface area contributed by atoms with Crippen molar-refractivity contribution in [3.63, 3.8) is 0 Å². The highest BCUT2D eigenvalue weighted by Gasteiger charge is 2.43. The van der Waals surface area contributed by atoms with Crippen LogP contribution >= 0.6 is 11.5 Å². The van der Waals surface area contributed by atoms with Gasteiger partial charge in [-0.3, -0.25) is 0 Å². The van der Waals surface area contributed by atoms with Gasteiger partial charge in [0.1, 0.15) is 10.6 Å². The molecule has 3 atom stereocenters. The van der Waals surface area contributed by atoms with Crippen LogP contribution in [0.2, 0.25) is 0 Å². The normalized spacial score (nSPS) is 27.8. The second-order valence-corrected chi connectivity index (χ2v) is 8.26. The largest absolute Gasteiger partial charge is 0.444 e. The number of aryl methyl sites for hydroxylation is 1. The number of ether oxygens (including phenoxy) is 1. The molecule has 2 aliphatic rings. The summed E-state index contributed by atoms with van der Waals surface area (Å²) in [6.07, 6.45) is 2.08. The zero-order valence-electron chi connectivity index (χ0n) is 13.8. The maximum atomic E-state index is 12.0. The number of piperidine rings is 1. The number of amides is 1. The molecule has 5 nitrogen and oxygen atoms in total. The van der Waals surface area contributed by atoms with Crippen LogP contribution in [0.4, 0.5) is 9.80 Å². The molecule has 1 aliphatic carbocycles. The molecule has 122 valence electrons. The molecule has 2 fully saturated rings. The number of fused-ring (bicyclic) bond motifs is 2. The highest BCUT2D eigenvalue weighted by molar-refractivity contribution is 7.10. The minimum absolute atomic E-state index is 0.250. The van der Waals surface area contributed by atoms with E-state index in [-0.39, 0.29) is 12.1 Å². The minimum atomic E-state index is -0.440. The van der Waals surface area contributed by atoms with Crippen LogP contribution in [0.25, 0.3) is 0 Å². The van der Waals surface area contributed by atoms with E-state index in [4.69, 9.17) is 4.74 Å². The van der Waals surface area contributed by atoms with Gasteiger partial charge in [-0.2, -0.15) is 4.37 Å². The van der Waals surface area contributed by atoms with Crippen molar-refractivity contribution in [2.75, 3.05) is 18.0 Å². The number of rotatable bonds is 2. The maximum absolute atomic E-state index is 12.0. The van der Waals surface area contributed by atoms with Gasteiger partial charge in [-0.25, -0.2) is 4.79 Å². The molecular formula is C16H25N3O2S. The van der Waals surface area contributed by atoms with E-state index in [1.807, 2.05) is 27.7 Å². The number of anilines is 1. The lowest BCUT2D eigenvalue weighted by atomic mass is 9.92. The van der Waals surface area contributed by atoms with Crippen molar-refractivity contribution in [2.24, 2.45) is 11.8 Å². The lowest BCUT2D eigenvalue weighted by Crippen LogP contribution is -2.53. The van der Waals surface area contributed by atoms with Crippen LogP contribution in [0.5, 0.6) is 0 Å². The number of nitrogens with zero attached hydrogens (tertiary/aromatic N) is 2. The van der Waals surface area contributed by atoms with Gasteiger partial charge in [0, 0.05) is 19.1 Å². The average molecular weight is 323 g/mol. The van der Waals surface area contributed by atoms with Gasteiger partial charge >= 0.3 is 6.09 Å². The lowest BCUT2D eigenvalue weighted by Gasteiger charge is -2.38. The molecule has 0 spiro atoms. The molecule has 2 bridgehead atoms. The van der Waals surface area contributed by atoms with Crippen LogP contribution in [0.1, 0.15) is 39.3 Å². The fraction of sp³-hybridized carbons (Fsp3) is 0.750. The Balaban J connectivity index is 1.62. The van der Waals surface area contributed by atoms with Gasteiger partial charge in [-0.1, -0.05) is 0 Å². The van der Waals surface area contributed by atoms with Crippen LogP contribution in [0, 0.1) is 18.8 Å². The third-order valence-corrected chi connectivity index (χ3v) is 5.39. The highest BCUT2D eigenvalue weighted by atomic mass is 32.1. The SMILES string of the molecule is Cc1cc(N2C[C@H]3CC[C@@H](C2)C3NC(=O)OC(C)(C)C)sn1. The van der Waals surface area contributed by atoms with Gasteiger partial charge in [0.25, 0.3) is 0 Å². The highest BCUT2D eigenvalue weighted by Crippen LogP contribution is 2.39. The van der Waals surface area contributed by atoms with E-state index in [9.17, 15) is 4.79 Å². The van der Waals surface area contributed by atoms with E-state index in [0.29, 0.717) is 11.8 Å².